The van der Waals surface area contributed by atoms with Crippen molar-refractivity contribution in [1.29, 1.82) is 0 Å². The van der Waals surface area contributed by atoms with Gasteiger partial charge in [0.05, 0.1) is 5.69 Å². The molecular weight excluding hydrogens is 306 g/mol. The van der Waals surface area contributed by atoms with Crippen LogP contribution in [0.25, 0.3) is 5.65 Å². The Morgan fingerprint density at radius 1 is 1.26 bits per heavy atom. The first-order valence-corrected chi connectivity index (χ1v) is 6.61. The molecule has 0 aliphatic rings. The van der Waals surface area contributed by atoms with Gasteiger partial charge in [-0.05, 0) is 24.3 Å². The zero-order valence-corrected chi connectivity index (χ0v) is 11.7. The monoisotopic (exact) mass is 317 g/mol. The average molecular weight is 318 g/mol. The first kappa shape index (κ1) is 12.0. The molecule has 0 aliphatic heterocycles. The van der Waals surface area contributed by atoms with Crippen molar-refractivity contribution in [3.63, 3.8) is 0 Å². The van der Waals surface area contributed by atoms with E-state index in [1.165, 1.54) is 0 Å². The van der Waals surface area contributed by atoms with Crippen LogP contribution in [0.1, 0.15) is 5.69 Å². The second-order valence-electron chi connectivity index (χ2n) is 4.20. The number of nitrogens with two attached hydrogens (primary N) is 1. The number of ether oxygens (including phenoxy) is 1. The van der Waals surface area contributed by atoms with Crippen LogP contribution in [0.15, 0.2) is 53.3 Å². The van der Waals surface area contributed by atoms with Gasteiger partial charge in [-0.2, -0.15) is 0 Å². The first-order chi connectivity index (χ1) is 9.20. The minimum atomic E-state index is 0.429. The molecule has 0 spiro atoms. The molecule has 2 N–H and O–H groups in total. The second-order valence-corrected chi connectivity index (χ2v) is 5.12. The molecule has 0 radical (unpaired) electrons. The van der Waals surface area contributed by atoms with E-state index >= 15 is 0 Å². The molecule has 3 aromatic rings. The number of nitrogen functional groups attached to an aromatic ring is 1. The molecule has 0 unspecified atom stereocenters. The highest BCUT2D eigenvalue weighted by molar-refractivity contribution is 9.10. The lowest BCUT2D eigenvalue weighted by Gasteiger charge is -2.03. The summed E-state index contributed by atoms with van der Waals surface area (Å²) in [6, 6.07) is 11.4. The number of imidazole rings is 1. The van der Waals surface area contributed by atoms with Gasteiger partial charge in [-0.15, -0.1) is 0 Å². The summed E-state index contributed by atoms with van der Waals surface area (Å²) in [7, 11) is 0. The van der Waals surface area contributed by atoms with E-state index in [1.54, 1.807) is 0 Å². The minimum Gasteiger partial charge on any atom is -0.487 e. The highest BCUT2D eigenvalue weighted by Gasteiger charge is 2.03. The molecule has 5 heteroatoms. The van der Waals surface area contributed by atoms with E-state index in [9.17, 15) is 0 Å². The summed E-state index contributed by atoms with van der Waals surface area (Å²) in [6.45, 7) is 0.429. The highest BCUT2D eigenvalue weighted by Crippen LogP contribution is 2.19. The van der Waals surface area contributed by atoms with Gasteiger partial charge in [0.1, 0.15) is 18.0 Å². The first-order valence-electron chi connectivity index (χ1n) is 5.82. The number of benzene rings is 1. The van der Waals surface area contributed by atoms with Gasteiger partial charge in [0.25, 0.3) is 0 Å². The van der Waals surface area contributed by atoms with Crippen LogP contribution in [0, 0.1) is 0 Å². The topological polar surface area (TPSA) is 52.5 Å². The Bertz CT molecular complexity index is 724. The number of pyridine rings is 1. The normalized spacial score (nSPS) is 10.8. The van der Waals surface area contributed by atoms with Gasteiger partial charge in [-0.1, -0.05) is 22.0 Å². The SMILES string of the molecule is Nc1ccn2cc(COc3cccc(Br)c3)nc2c1. The van der Waals surface area contributed by atoms with Gasteiger partial charge in [-0.3, -0.25) is 0 Å². The molecule has 0 aliphatic carbocycles. The average Bonchev–Trinajstić information content (AvgIpc) is 2.78. The number of anilines is 1. The smallest absolute Gasteiger partial charge is 0.139 e. The lowest BCUT2D eigenvalue weighted by atomic mass is 10.3. The highest BCUT2D eigenvalue weighted by atomic mass is 79.9. The van der Waals surface area contributed by atoms with Crippen molar-refractivity contribution in [2.24, 2.45) is 0 Å². The second kappa shape index (κ2) is 4.93. The molecule has 0 amide bonds. The van der Waals surface area contributed by atoms with Crippen molar-refractivity contribution in [2.75, 3.05) is 5.73 Å². The summed E-state index contributed by atoms with van der Waals surface area (Å²) in [6.07, 6.45) is 3.83. The maximum atomic E-state index is 5.73. The molecule has 0 saturated heterocycles. The molecule has 2 aromatic heterocycles. The summed E-state index contributed by atoms with van der Waals surface area (Å²) in [5.74, 6) is 0.811. The molecule has 0 atom stereocenters. The fourth-order valence-electron chi connectivity index (χ4n) is 1.83. The van der Waals surface area contributed by atoms with E-state index in [4.69, 9.17) is 10.5 Å². The van der Waals surface area contributed by atoms with Crippen molar-refractivity contribution in [3.05, 3.63) is 59.0 Å². The Kier molecular flexibility index (Phi) is 3.13. The van der Waals surface area contributed by atoms with E-state index in [0.29, 0.717) is 12.3 Å². The molecule has 2 heterocycles. The standard InChI is InChI=1S/C14H12BrN3O/c15-10-2-1-3-13(6-10)19-9-12-8-18-5-4-11(16)7-14(18)17-12/h1-8H,9,16H2. The van der Waals surface area contributed by atoms with Crippen LogP contribution >= 0.6 is 15.9 Å². The largest absolute Gasteiger partial charge is 0.487 e. The predicted molar refractivity (Wildman–Crippen MR) is 78.1 cm³/mol. The number of hydrogen-bond acceptors (Lipinski definition) is 3. The number of fused-ring (bicyclic) bond motifs is 1. The van der Waals surface area contributed by atoms with Crippen molar-refractivity contribution in [2.45, 2.75) is 6.61 Å². The van der Waals surface area contributed by atoms with E-state index in [-0.39, 0.29) is 0 Å². The third-order valence-electron chi connectivity index (χ3n) is 2.72. The number of aromatic nitrogens is 2. The van der Waals surface area contributed by atoms with E-state index in [1.807, 2.05) is 53.2 Å². The Labute approximate surface area is 119 Å². The van der Waals surface area contributed by atoms with Crippen LogP contribution in [0.5, 0.6) is 5.75 Å². The summed E-state index contributed by atoms with van der Waals surface area (Å²) in [5, 5.41) is 0. The fourth-order valence-corrected chi connectivity index (χ4v) is 2.21. The van der Waals surface area contributed by atoms with Crippen LogP contribution in [-0.4, -0.2) is 9.38 Å². The Morgan fingerprint density at radius 3 is 3.00 bits per heavy atom. The van der Waals surface area contributed by atoms with E-state index in [0.717, 1.165) is 21.6 Å². The quantitative estimate of drug-likeness (QED) is 0.806. The summed E-state index contributed by atoms with van der Waals surface area (Å²) >= 11 is 3.41. The summed E-state index contributed by atoms with van der Waals surface area (Å²) in [4.78, 5) is 4.46. The number of halogens is 1. The third-order valence-corrected chi connectivity index (χ3v) is 3.21. The van der Waals surface area contributed by atoms with E-state index in [2.05, 4.69) is 20.9 Å². The number of rotatable bonds is 3. The van der Waals surface area contributed by atoms with Crippen molar-refractivity contribution < 1.29 is 4.74 Å². The van der Waals surface area contributed by atoms with Gasteiger partial charge in [-0.25, -0.2) is 4.98 Å². The molecule has 1 aromatic carbocycles. The van der Waals surface area contributed by atoms with Crippen molar-refractivity contribution in [1.82, 2.24) is 9.38 Å². The molecule has 3 rings (SSSR count). The van der Waals surface area contributed by atoms with Crippen LogP contribution in [0.2, 0.25) is 0 Å². The van der Waals surface area contributed by atoms with Crippen LogP contribution < -0.4 is 10.5 Å². The van der Waals surface area contributed by atoms with Crippen LogP contribution in [-0.2, 0) is 6.61 Å². The third kappa shape index (κ3) is 2.71. The maximum absolute atomic E-state index is 5.73. The molecule has 0 saturated carbocycles. The maximum Gasteiger partial charge on any atom is 0.139 e. The Morgan fingerprint density at radius 2 is 2.16 bits per heavy atom. The fraction of sp³-hybridized carbons (Fsp3) is 0.0714. The number of nitrogens with zero attached hydrogens (tertiary/aromatic N) is 2. The summed E-state index contributed by atoms with van der Waals surface area (Å²) < 4.78 is 8.62. The lowest BCUT2D eigenvalue weighted by Crippen LogP contribution is -1.95. The molecule has 0 bridgehead atoms. The molecule has 96 valence electrons. The zero-order chi connectivity index (χ0) is 13.2. The molecule has 4 nitrogen and oxygen atoms in total. The Hall–Kier alpha value is -2.01. The van der Waals surface area contributed by atoms with Gasteiger partial charge in [0.2, 0.25) is 0 Å². The molecule has 0 fully saturated rings. The molecular formula is C14H12BrN3O. The van der Waals surface area contributed by atoms with Crippen LogP contribution in [0.3, 0.4) is 0 Å². The molecule has 19 heavy (non-hydrogen) atoms. The minimum absolute atomic E-state index is 0.429. The lowest BCUT2D eigenvalue weighted by molar-refractivity contribution is 0.302. The number of hydrogen-bond donors (Lipinski definition) is 1. The van der Waals surface area contributed by atoms with Crippen LogP contribution in [0.4, 0.5) is 5.69 Å². The van der Waals surface area contributed by atoms with Gasteiger partial charge >= 0.3 is 0 Å². The predicted octanol–water partition coefficient (Wildman–Crippen LogP) is 3.26. The van der Waals surface area contributed by atoms with Gasteiger partial charge < -0.3 is 14.9 Å². The van der Waals surface area contributed by atoms with Gasteiger partial charge in [0.15, 0.2) is 0 Å². The van der Waals surface area contributed by atoms with Crippen molar-refractivity contribution in [3.8, 4) is 5.75 Å². The van der Waals surface area contributed by atoms with E-state index < -0.39 is 0 Å². The van der Waals surface area contributed by atoms with Gasteiger partial charge in [0, 0.05) is 28.6 Å². The van der Waals surface area contributed by atoms with Crippen molar-refractivity contribution >= 4 is 27.3 Å². The zero-order valence-electron chi connectivity index (χ0n) is 10.1. The summed E-state index contributed by atoms with van der Waals surface area (Å²) in [5.41, 5.74) is 8.12. The Balaban J connectivity index is 1.78.